The monoisotopic (exact) mass is 275 g/mol. The highest BCUT2D eigenvalue weighted by molar-refractivity contribution is 6.30. The molecular formula is C14H14ClN3O. The summed E-state index contributed by atoms with van der Waals surface area (Å²) in [7, 11) is 0. The number of carbonyl (C=O) groups is 1. The third-order valence-corrected chi connectivity index (χ3v) is 3.24. The summed E-state index contributed by atoms with van der Waals surface area (Å²) in [5.74, 6) is -0.260. The number of nitrogens with one attached hydrogen (secondary N) is 1. The molecule has 1 aromatic heterocycles. The van der Waals surface area contributed by atoms with Gasteiger partial charge in [-0.2, -0.15) is 0 Å². The highest BCUT2D eigenvalue weighted by Gasteiger charge is 2.11. The third-order valence-electron chi connectivity index (χ3n) is 2.84. The van der Waals surface area contributed by atoms with Crippen LogP contribution in [-0.2, 0) is 0 Å². The van der Waals surface area contributed by atoms with E-state index in [4.69, 9.17) is 17.3 Å². The molecule has 98 valence electrons. The van der Waals surface area contributed by atoms with Crippen LogP contribution >= 0.6 is 11.6 Å². The van der Waals surface area contributed by atoms with Gasteiger partial charge in [-0.15, -0.1) is 0 Å². The summed E-state index contributed by atoms with van der Waals surface area (Å²) in [5.41, 5.74) is 9.10. The maximum absolute atomic E-state index is 12.1. The average molecular weight is 276 g/mol. The molecular weight excluding hydrogens is 262 g/mol. The number of aryl methyl sites for hydroxylation is 2. The van der Waals surface area contributed by atoms with Gasteiger partial charge in [-0.05, 0) is 37.1 Å². The Morgan fingerprint density at radius 1 is 1.32 bits per heavy atom. The van der Waals surface area contributed by atoms with Crippen molar-refractivity contribution in [1.29, 1.82) is 0 Å². The van der Waals surface area contributed by atoms with Crippen LogP contribution in [0.2, 0.25) is 5.15 Å². The average Bonchev–Trinajstić information content (AvgIpc) is 2.37. The van der Waals surface area contributed by atoms with Crippen molar-refractivity contribution in [2.45, 2.75) is 13.8 Å². The van der Waals surface area contributed by atoms with Crippen molar-refractivity contribution in [2.24, 2.45) is 0 Å². The van der Waals surface area contributed by atoms with E-state index < -0.39 is 0 Å². The first-order chi connectivity index (χ1) is 8.99. The summed E-state index contributed by atoms with van der Waals surface area (Å²) in [6.45, 7) is 3.69. The zero-order valence-corrected chi connectivity index (χ0v) is 11.5. The van der Waals surface area contributed by atoms with Crippen molar-refractivity contribution in [1.82, 2.24) is 4.98 Å². The molecule has 0 bridgehead atoms. The number of rotatable bonds is 2. The standard InChI is InChI=1S/C14H14ClN3O/c1-8-4-3-5-11(12(8)16)14(19)18-10-6-9(2)13(15)17-7-10/h3-7H,16H2,1-2H3,(H,18,19). The van der Waals surface area contributed by atoms with E-state index in [1.54, 1.807) is 18.2 Å². The molecule has 0 radical (unpaired) electrons. The Hall–Kier alpha value is -2.07. The van der Waals surface area contributed by atoms with E-state index in [-0.39, 0.29) is 5.91 Å². The van der Waals surface area contributed by atoms with Crippen LogP contribution in [0.5, 0.6) is 0 Å². The Balaban J connectivity index is 2.26. The Kier molecular flexibility index (Phi) is 3.71. The second-order valence-electron chi connectivity index (χ2n) is 4.32. The SMILES string of the molecule is Cc1cc(NC(=O)c2cccc(C)c2N)cnc1Cl. The predicted molar refractivity (Wildman–Crippen MR) is 77.5 cm³/mol. The number of pyridine rings is 1. The molecule has 0 spiro atoms. The van der Waals surface area contributed by atoms with E-state index >= 15 is 0 Å². The van der Waals surface area contributed by atoms with Crippen LogP contribution in [0.25, 0.3) is 0 Å². The van der Waals surface area contributed by atoms with E-state index in [2.05, 4.69) is 10.3 Å². The van der Waals surface area contributed by atoms with E-state index in [1.165, 1.54) is 6.20 Å². The second-order valence-corrected chi connectivity index (χ2v) is 4.68. The lowest BCUT2D eigenvalue weighted by molar-refractivity contribution is 0.102. The van der Waals surface area contributed by atoms with Crippen molar-refractivity contribution in [3.63, 3.8) is 0 Å². The van der Waals surface area contributed by atoms with Crippen LogP contribution in [0, 0.1) is 13.8 Å². The van der Waals surface area contributed by atoms with Gasteiger partial charge < -0.3 is 11.1 Å². The molecule has 2 aromatic rings. The highest BCUT2D eigenvalue weighted by atomic mass is 35.5. The molecule has 4 nitrogen and oxygen atoms in total. The molecule has 1 amide bonds. The smallest absolute Gasteiger partial charge is 0.257 e. The molecule has 3 N–H and O–H groups in total. The number of para-hydroxylation sites is 1. The molecule has 1 aromatic carbocycles. The van der Waals surface area contributed by atoms with Crippen LogP contribution in [0.1, 0.15) is 21.5 Å². The van der Waals surface area contributed by atoms with Crippen LogP contribution < -0.4 is 11.1 Å². The minimum Gasteiger partial charge on any atom is -0.398 e. The Morgan fingerprint density at radius 2 is 2.05 bits per heavy atom. The first-order valence-electron chi connectivity index (χ1n) is 5.77. The van der Waals surface area contributed by atoms with Crippen LogP contribution in [0.15, 0.2) is 30.5 Å². The molecule has 0 unspecified atom stereocenters. The number of aromatic nitrogens is 1. The number of carbonyl (C=O) groups excluding carboxylic acids is 1. The normalized spacial score (nSPS) is 10.3. The van der Waals surface area contributed by atoms with Gasteiger partial charge in [-0.1, -0.05) is 23.7 Å². The fourth-order valence-corrected chi connectivity index (χ4v) is 1.81. The van der Waals surface area contributed by atoms with Crippen molar-refractivity contribution < 1.29 is 4.79 Å². The molecule has 0 saturated carbocycles. The number of halogens is 1. The van der Waals surface area contributed by atoms with Crippen LogP contribution in [0.4, 0.5) is 11.4 Å². The molecule has 0 fully saturated rings. The molecule has 2 rings (SSSR count). The van der Waals surface area contributed by atoms with E-state index in [9.17, 15) is 4.79 Å². The van der Waals surface area contributed by atoms with Crippen LogP contribution in [-0.4, -0.2) is 10.9 Å². The minimum atomic E-state index is -0.260. The number of benzene rings is 1. The summed E-state index contributed by atoms with van der Waals surface area (Å²) in [5, 5.41) is 3.18. The van der Waals surface area contributed by atoms with Gasteiger partial charge in [-0.25, -0.2) is 4.98 Å². The fraction of sp³-hybridized carbons (Fsp3) is 0.143. The summed E-state index contributed by atoms with van der Waals surface area (Å²) >= 11 is 5.84. The van der Waals surface area contributed by atoms with E-state index in [1.807, 2.05) is 19.9 Å². The van der Waals surface area contributed by atoms with Crippen molar-refractivity contribution >= 4 is 28.9 Å². The van der Waals surface area contributed by atoms with Crippen LogP contribution in [0.3, 0.4) is 0 Å². The van der Waals surface area contributed by atoms with Crippen molar-refractivity contribution in [3.8, 4) is 0 Å². The Bertz CT molecular complexity index is 641. The lowest BCUT2D eigenvalue weighted by Crippen LogP contribution is -2.14. The summed E-state index contributed by atoms with van der Waals surface area (Å²) < 4.78 is 0. The van der Waals surface area contributed by atoms with Gasteiger partial charge in [0.05, 0.1) is 17.4 Å². The Labute approximate surface area is 116 Å². The number of nitrogen functional groups attached to an aromatic ring is 1. The quantitative estimate of drug-likeness (QED) is 0.653. The van der Waals surface area contributed by atoms with E-state index in [0.29, 0.717) is 22.1 Å². The molecule has 0 saturated heterocycles. The number of hydrogen-bond acceptors (Lipinski definition) is 3. The summed E-state index contributed by atoms with van der Waals surface area (Å²) in [4.78, 5) is 16.1. The topological polar surface area (TPSA) is 68.0 Å². The number of nitrogens with zero attached hydrogens (tertiary/aromatic N) is 1. The largest absolute Gasteiger partial charge is 0.398 e. The number of nitrogens with two attached hydrogens (primary N) is 1. The molecule has 0 aliphatic rings. The van der Waals surface area contributed by atoms with Gasteiger partial charge in [0.25, 0.3) is 5.91 Å². The molecule has 0 aliphatic carbocycles. The van der Waals surface area contributed by atoms with Gasteiger partial charge in [-0.3, -0.25) is 4.79 Å². The number of anilines is 2. The molecule has 19 heavy (non-hydrogen) atoms. The number of hydrogen-bond donors (Lipinski definition) is 2. The minimum absolute atomic E-state index is 0.260. The predicted octanol–water partition coefficient (Wildman–Crippen LogP) is 3.19. The lowest BCUT2D eigenvalue weighted by Gasteiger charge is -2.09. The lowest BCUT2D eigenvalue weighted by atomic mass is 10.1. The maximum atomic E-state index is 12.1. The Morgan fingerprint density at radius 3 is 2.74 bits per heavy atom. The third kappa shape index (κ3) is 2.85. The first kappa shape index (κ1) is 13.4. The van der Waals surface area contributed by atoms with Crippen molar-refractivity contribution in [3.05, 3.63) is 52.3 Å². The van der Waals surface area contributed by atoms with Gasteiger partial charge in [0, 0.05) is 5.69 Å². The molecule has 5 heteroatoms. The molecule has 1 heterocycles. The zero-order valence-electron chi connectivity index (χ0n) is 10.7. The van der Waals surface area contributed by atoms with Gasteiger partial charge in [0.1, 0.15) is 5.15 Å². The zero-order chi connectivity index (χ0) is 14.0. The maximum Gasteiger partial charge on any atom is 0.257 e. The summed E-state index contributed by atoms with van der Waals surface area (Å²) in [6.07, 6.45) is 1.51. The van der Waals surface area contributed by atoms with Gasteiger partial charge >= 0.3 is 0 Å². The number of amides is 1. The molecule has 0 aliphatic heterocycles. The van der Waals surface area contributed by atoms with E-state index in [0.717, 1.165) is 11.1 Å². The van der Waals surface area contributed by atoms with Gasteiger partial charge in [0.15, 0.2) is 0 Å². The first-order valence-corrected chi connectivity index (χ1v) is 6.15. The van der Waals surface area contributed by atoms with Crippen molar-refractivity contribution in [2.75, 3.05) is 11.1 Å². The second kappa shape index (κ2) is 5.28. The highest BCUT2D eigenvalue weighted by Crippen LogP contribution is 2.20. The molecule has 0 atom stereocenters. The fourth-order valence-electron chi connectivity index (χ4n) is 1.70. The summed E-state index contributed by atoms with van der Waals surface area (Å²) in [6, 6.07) is 7.11. The van der Waals surface area contributed by atoms with Gasteiger partial charge in [0.2, 0.25) is 0 Å².